The number of aldehydes is 1. The first-order valence-electron chi connectivity index (χ1n) is 14.1. The second kappa shape index (κ2) is 15.7. The van der Waals surface area contributed by atoms with Gasteiger partial charge in [0, 0.05) is 30.9 Å². The van der Waals surface area contributed by atoms with Crippen LogP contribution in [-0.2, 0) is 16.1 Å². The summed E-state index contributed by atoms with van der Waals surface area (Å²) >= 11 is 0. The molecule has 3 fully saturated rings. The number of amides is 2. The Morgan fingerprint density at radius 2 is 1.84 bits per heavy atom. The minimum absolute atomic E-state index is 0.0161. The Labute approximate surface area is 252 Å². The van der Waals surface area contributed by atoms with Crippen molar-refractivity contribution in [2.45, 2.75) is 94.8 Å². The molecule has 0 aromatic carbocycles. The van der Waals surface area contributed by atoms with Gasteiger partial charge in [-0.1, -0.05) is 11.6 Å². The van der Waals surface area contributed by atoms with Crippen LogP contribution in [0.5, 0.6) is 0 Å². The lowest BCUT2D eigenvalue weighted by atomic mass is 9.96. The summed E-state index contributed by atoms with van der Waals surface area (Å²) in [6, 6.07) is -1.87. The van der Waals surface area contributed by atoms with Crippen LogP contribution in [0, 0.1) is 11.3 Å². The molecule has 2 unspecified atom stereocenters. The predicted octanol–water partition coefficient (Wildman–Crippen LogP) is 5.13. The van der Waals surface area contributed by atoms with Crippen molar-refractivity contribution >= 4 is 30.4 Å². The van der Waals surface area contributed by atoms with Crippen LogP contribution in [0.3, 0.4) is 0 Å². The van der Waals surface area contributed by atoms with E-state index < -0.39 is 48.6 Å². The number of halogens is 7. The van der Waals surface area contributed by atoms with Crippen LogP contribution in [0.25, 0.3) is 6.08 Å². The van der Waals surface area contributed by atoms with Gasteiger partial charge in [0.1, 0.15) is 17.6 Å². The number of nitrogens with zero attached hydrogens (tertiary/aromatic N) is 3. The summed E-state index contributed by atoms with van der Waals surface area (Å²) < 4.78 is 88.4. The number of H-pyrrole nitrogens is 1. The number of carbonyl (C=O) groups excluding carboxylic acids is 3. The number of hydrogen-bond acceptors (Lipinski definition) is 8. The van der Waals surface area contributed by atoms with Gasteiger partial charge < -0.3 is 21.0 Å². The van der Waals surface area contributed by atoms with E-state index in [1.54, 1.807) is 0 Å². The van der Waals surface area contributed by atoms with E-state index >= 15 is 0 Å². The van der Waals surface area contributed by atoms with Gasteiger partial charge in [0.05, 0.1) is 18.4 Å². The van der Waals surface area contributed by atoms with E-state index in [-0.39, 0.29) is 43.8 Å². The number of hydrogen-bond donors (Lipinski definition) is 4. The zero-order valence-electron chi connectivity index (χ0n) is 23.8. The van der Waals surface area contributed by atoms with Crippen molar-refractivity contribution in [1.29, 1.82) is 5.41 Å². The lowest BCUT2D eigenvalue weighted by Crippen LogP contribution is -2.38. The first-order valence-corrected chi connectivity index (χ1v) is 14.1. The van der Waals surface area contributed by atoms with Crippen molar-refractivity contribution in [2.24, 2.45) is 5.92 Å². The molecule has 18 heteroatoms. The highest BCUT2D eigenvalue weighted by molar-refractivity contribution is 5.93. The molecule has 2 aromatic heterocycles. The van der Waals surface area contributed by atoms with Crippen LogP contribution in [0.1, 0.15) is 91.4 Å². The standard InChI is InChI=1S/C19H20F3N7O3.C6H10F2.C2H2F2O/c20-19(21,22)13-5-11(17(30)27-13)3-9(6-23)4-14-24-7-12(26-14)8-25-18(31)16-15(10-1-2-10)28-32-29-16;7-6(8)4-2-1-3-5-6;3-2(4)1-5/h4,6-7,10-11,13,23H,1-3,5,8H2,(H,24,26)(H,25,31)(H,27,30);1-5H2;1-2H/b9-4-,23-6?;;. The molecule has 2 aromatic rings. The highest BCUT2D eigenvalue weighted by Gasteiger charge is 2.47. The molecule has 3 heterocycles. The number of allylic oxidation sites excluding steroid dienone is 1. The number of nitrogens with one attached hydrogen (secondary N) is 4. The second-order valence-electron chi connectivity index (χ2n) is 10.7. The Morgan fingerprint density at radius 1 is 1.18 bits per heavy atom. The lowest BCUT2D eigenvalue weighted by molar-refractivity contribution is -0.154. The van der Waals surface area contributed by atoms with Crippen LogP contribution >= 0.6 is 0 Å². The number of rotatable bonds is 9. The number of aromatic nitrogens is 4. The number of carbonyl (C=O) groups is 3. The average molecular weight is 652 g/mol. The van der Waals surface area contributed by atoms with Crippen molar-refractivity contribution in [3.05, 3.63) is 34.7 Å². The largest absolute Gasteiger partial charge is 0.408 e. The molecule has 5 rings (SSSR count). The van der Waals surface area contributed by atoms with Gasteiger partial charge in [-0.25, -0.2) is 27.2 Å². The quantitative estimate of drug-likeness (QED) is 0.166. The topological polar surface area (TPSA) is 167 Å². The normalized spacial score (nSPS) is 21.2. The summed E-state index contributed by atoms with van der Waals surface area (Å²) in [5.41, 5.74) is 1.62. The SMILES string of the molecule is FC1(F)CCCCC1.N=C/C(=C\c1ncc(CNC(=O)c2nonc2C2CC2)[nH]1)CC1CC(C(F)(F)F)NC1=O.O=CC(F)F. The predicted molar refractivity (Wildman–Crippen MR) is 144 cm³/mol. The molecule has 4 N–H and O–H groups in total. The fraction of sp³-hybridized carbons (Fsp3) is 0.593. The Balaban J connectivity index is 0.000000354. The zero-order valence-corrected chi connectivity index (χ0v) is 23.8. The van der Waals surface area contributed by atoms with Gasteiger partial charge in [-0.3, -0.25) is 14.4 Å². The molecule has 1 saturated heterocycles. The van der Waals surface area contributed by atoms with E-state index in [4.69, 9.17) is 10.2 Å². The molecule has 3 aliphatic rings. The number of aromatic amines is 1. The van der Waals surface area contributed by atoms with Crippen LogP contribution in [0.4, 0.5) is 30.7 Å². The minimum Gasteiger partial charge on any atom is -0.345 e. The van der Waals surface area contributed by atoms with Crippen molar-refractivity contribution in [1.82, 2.24) is 30.9 Å². The van der Waals surface area contributed by atoms with E-state index in [9.17, 15) is 40.3 Å². The molecule has 45 heavy (non-hydrogen) atoms. The maximum absolute atomic E-state index is 12.8. The van der Waals surface area contributed by atoms with Crippen LogP contribution in [0.2, 0.25) is 0 Å². The third kappa shape index (κ3) is 11.4. The van der Waals surface area contributed by atoms with Crippen LogP contribution in [-0.4, -0.2) is 69.2 Å². The minimum atomic E-state index is -4.50. The van der Waals surface area contributed by atoms with Crippen LogP contribution in [0.15, 0.2) is 16.4 Å². The first kappa shape index (κ1) is 35.4. The van der Waals surface area contributed by atoms with Gasteiger partial charge >= 0.3 is 6.18 Å². The molecule has 0 radical (unpaired) electrons. The van der Waals surface area contributed by atoms with E-state index in [1.165, 1.54) is 12.3 Å². The summed E-state index contributed by atoms with van der Waals surface area (Å²) in [4.78, 5) is 40.0. The summed E-state index contributed by atoms with van der Waals surface area (Å²) in [5, 5.41) is 19.6. The van der Waals surface area contributed by atoms with Gasteiger partial charge in [-0.05, 0) is 55.3 Å². The van der Waals surface area contributed by atoms with Crippen molar-refractivity contribution in [2.75, 3.05) is 0 Å². The monoisotopic (exact) mass is 651 g/mol. The Kier molecular flexibility index (Phi) is 12.4. The van der Waals surface area contributed by atoms with Gasteiger partial charge in [-0.15, -0.1) is 0 Å². The van der Waals surface area contributed by atoms with Crippen molar-refractivity contribution in [3.8, 4) is 0 Å². The molecule has 1 aliphatic heterocycles. The second-order valence-corrected chi connectivity index (χ2v) is 10.7. The summed E-state index contributed by atoms with van der Waals surface area (Å²) in [7, 11) is 0. The van der Waals surface area contributed by atoms with Gasteiger partial charge in [0.2, 0.25) is 11.8 Å². The molecule has 2 amide bonds. The molecule has 2 aliphatic carbocycles. The highest BCUT2D eigenvalue weighted by atomic mass is 19.4. The zero-order chi connectivity index (χ0) is 33.2. The molecule has 0 bridgehead atoms. The summed E-state index contributed by atoms with van der Waals surface area (Å²) in [5.74, 6) is -3.75. The number of alkyl halides is 7. The Bertz CT molecular complexity index is 1330. The summed E-state index contributed by atoms with van der Waals surface area (Å²) in [6.07, 6.45) is 0.401. The molecule has 0 spiro atoms. The molecule has 11 nitrogen and oxygen atoms in total. The maximum atomic E-state index is 12.8. The smallest absolute Gasteiger partial charge is 0.345 e. The van der Waals surface area contributed by atoms with Gasteiger partial charge in [0.15, 0.2) is 12.0 Å². The lowest BCUT2D eigenvalue weighted by Gasteiger charge is -2.20. The van der Waals surface area contributed by atoms with Crippen molar-refractivity contribution < 1.29 is 49.7 Å². The van der Waals surface area contributed by atoms with Crippen molar-refractivity contribution in [3.63, 3.8) is 0 Å². The molecule has 248 valence electrons. The number of imidazole rings is 1. The average Bonchev–Trinajstić information content (AvgIpc) is 3.35. The molecule has 2 saturated carbocycles. The highest BCUT2D eigenvalue weighted by Crippen LogP contribution is 2.40. The molecular weight excluding hydrogens is 619 g/mol. The van der Waals surface area contributed by atoms with E-state index in [2.05, 4.69) is 30.2 Å². The Morgan fingerprint density at radius 3 is 2.36 bits per heavy atom. The van der Waals surface area contributed by atoms with Gasteiger partial charge in [0.25, 0.3) is 12.3 Å². The van der Waals surface area contributed by atoms with Crippen LogP contribution < -0.4 is 10.6 Å². The van der Waals surface area contributed by atoms with E-state index in [1.807, 2.05) is 5.32 Å². The molecular formula is C27H32F7N7O4. The Hall–Kier alpha value is -4.12. The fourth-order valence-electron chi connectivity index (χ4n) is 4.60. The third-order valence-corrected chi connectivity index (χ3v) is 7.06. The van der Waals surface area contributed by atoms with Gasteiger partial charge in [-0.2, -0.15) is 13.2 Å². The third-order valence-electron chi connectivity index (χ3n) is 7.06. The fourth-order valence-corrected chi connectivity index (χ4v) is 4.60. The van der Waals surface area contributed by atoms with E-state index in [0.717, 1.165) is 25.5 Å². The maximum Gasteiger partial charge on any atom is 0.408 e. The first-order chi connectivity index (χ1) is 21.2. The summed E-state index contributed by atoms with van der Waals surface area (Å²) in [6.45, 7) is 0.120. The van der Waals surface area contributed by atoms with E-state index in [0.29, 0.717) is 35.6 Å². The molecule has 2 atom stereocenters.